The topological polar surface area (TPSA) is 50.3 Å². The third kappa shape index (κ3) is 2.96. The second-order valence-corrected chi connectivity index (χ2v) is 6.31. The predicted octanol–water partition coefficient (Wildman–Crippen LogP) is 3.72. The molecule has 0 bridgehead atoms. The lowest BCUT2D eigenvalue weighted by atomic mass is 9.95. The molecule has 23 heavy (non-hydrogen) atoms. The Kier molecular flexibility index (Phi) is 4.37. The lowest BCUT2D eigenvalue weighted by molar-refractivity contribution is -0.128. The fourth-order valence-corrected chi connectivity index (χ4v) is 3.13. The number of benzene rings is 1. The van der Waals surface area contributed by atoms with Gasteiger partial charge in [-0.1, -0.05) is 35.3 Å². The van der Waals surface area contributed by atoms with Crippen LogP contribution in [-0.4, -0.2) is 35.2 Å². The summed E-state index contributed by atoms with van der Waals surface area (Å²) in [7, 11) is 1.70. The van der Waals surface area contributed by atoms with Gasteiger partial charge < -0.3 is 4.90 Å². The molecule has 2 heterocycles. The molecule has 1 saturated heterocycles. The summed E-state index contributed by atoms with van der Waals surface area (Å²) in [6.45, 7) is 0.600. The quantitative estimate of drug-likeness (QED) is 0.627. The Morgan fingerprint density at radius 2 is 2.09 bits per heavy atom. The minimum Gasteiger partial charge on any atom is -0.345 e. The highest BCUT2D eigenvalue weighted by atomic mass is 35.5. The summed E-state index contributed by atoms with van der Waals surface area (Å²) in [5.74, 6) is -0.958. The van der Waals surface area contributed by atoms with Crippen LogP contribution in [0.25, 0.3) is 11.1 Å². The molecule has 0 spiro atoms. The highest BCUT2D eigenvalue weighted by molar-refractivity contribution is 6.43. The minimum absolute atomic E-state index is 0.138. The number of pyridine rings is 1. The Labute approximate surface area is 144 Å². The van der Waals surface area contributed by atoms with Crippen molar-refractivity contribution >= 4 is 34.9 Å². The molecule has 0 radical (unpaired) electrons. The van der Waals surface area contributed by atoms with E-state index in [1.807, 2.05) is 6.07 Å². The van der Waals surface area contributed by atoms with Crippen molar-refractivity contribution < 1.29 is 9.59 Å². The maximum atomic E-state index is 12.6. The van der Waals surface area contributed by atoms with Gasteiger partial charge in [-0.3, -0.25) is 14.6 Å². The molecule has 0 aliphatic carbocycles. The third-order valence-corrected chi connectivity index (χ3v) is 4.85. The average molecular weight is 349 g/mol. The number of aromatic nitrogens is 1. The summed E-state index contributed by atoms with van der Waals surface area (Å²) < 4.78 is 0. The van der Waals surface area contributed by atoms with Crippen molar-refractivity contribution in [3.63, 3.8) is 0 Å². The molecule has 1 aliphatic heterocycles. The molecule has 1 amide bonds. The first-order valence-electron chi connectivity index (χ1n) is 7.17. The SMILES string of the molecule is CN1CCC(C(=O)c2cncc(-c3cccc(Cl)c3Cl)c2)C1=O. The van der Waals surface area contributed by atoms with Gasteiger partial charge in [0.05, 0.1) is 10.0 Å². The molecule has 4 nitrogen and oxygen atoms in total. The number of Topliss-reactive ketones (excluding diaryl/α,β-unsaturated/α-hetero) is 1. The zero-order chi connectivity index (χ0) is 16.6. The van der Waals surface area contributed by atoms with Crippen LogP contribution in [0.2, 0.25) is 10.0 Å². The number of nitrogens with zero attached hydrogens (tertiary/aromatic N) is 2. The van der Waals surface area contributed by atoms with Crippen LogP contribution in [0.1, 0.15) is 16.8 Å². The summed E-state index contributed by atoms with van der Waals surface area (Å²) in [5.41, 5.74) is 1.81. The van der Waals surface area contributed by atoms with Gasteiger partial charge in [-0.25, -0.2) is 0 Å². The molecule has 0 N–H and O–H groups in total. The van der Waals surface area contributed by atoms with Crippen LogP contribution < -0.4 is 0 Å². The zero-order valence-corrected chi connectivity index (χ0v) is 13.9. The van der Waals surface area contributed by atoms with Gasteiger partial charge in [0.15, 0.2) is 5.78 Å². The zero-order valence-electron chi connectivity index (χ0n) is 12.4. The van der Waals surface area contributed by atoms with Gasteiger partial charge in [-0.15, -0.1) is 0 Å². The van der Waals surface area contributed by atoms with Crippen molar-refractivity contribution in [1.29, 1.82) is 0 Å². The normalized spacial score (nSPS) is 17.6. The number of hydrogen-bond acceptors (Lipinski definition) is 3. The van der Waals surface area contributed by atoms with Crippen molar-refractivity contribution in [3.8, 4) is 11.1 Å². The number of halogens is 2. The van der Waals surface area contributed by atoms with Gasteiger partial charge in [0, 0.05) is 42.7 Å². The van der Waals surface area contributed by atoms with E-state index in [4.69, 9.17) is 23.2 Å². The summed E-state index contributed by atoms with van der Waals surface area (Å²) in [4.78, 5) is 30.3. The molecule has 3 rings (SSSR count). The lowest BCUT2D eigenvalue weighted by Gasteiger charge is -2.11. The summed E-state index contributed by atoms with van der Waals surface area (Å²) >= 11 is 12.3. The van der Waals surface area contributed by atoms with E-state index in [1.54, 1.807) is 36.3 Å². The molecule has 6 heteroatoms. The minimum atomic E-state index is -0.619. The monoisotopic (exact) mass is 348 g/mol. The number of carbonyl (C=O) groups excluding carboxylic acids is 2. The summed E-state index contributed by atoms with van der Waals surface area (Å²) in [6.07, 6.45) is 3.64. The van der Waals surface area contributed by atoms with Crippen LogP contribution in [-0.2, 0) is 4.79 Å². The van der Waals surface area contributed by atoms with E-state index in [0.29, 0.717) is 39.7 Å². The molecule has 2 aromatic rings. The van der Waals surface area contributed by atoms with Gasteiger partial charge in [-0.2, -0.15) is 0 Å². The molecular formula is C17H14Cl2N2O2. The number of carbonyl (C=O) groups is 2. The largest absolute Gasteiger partial charge is 0.345 e. The Bertz CT molecular complexity index is 792. The first kappa shape index (κ1) is 16.0. The Hall–Kier alpha value is -1.91. The van der Waals surface area contributed by atoms with E-state index in [0.717, 1.165) is 0 Å². The van der Waals surface area contributed by atoms with E-state index in [1.165, 1.54) is 6.20 Å². The highest BCUT2D eigenvalue weighted by Crippen LogP contribution is 2.33. The molecule has 1 aliphatic rings. The van der Waals surface area contributed by atoms with Gasteiger partial charge >= 0.3 is 0 Å². The second kappa shape index (κ2) is 6.30. The molecular weight excluding hydrogens is 335 g/mol. The molecule has 1 aromatic heterocycles. The first-order chi connectivity index (χ1) is 11.0. The number of ketones is 1. The molecule has 118 valence electrons. The van der Waals surface area contributed by atoms with E-state index in [2.05, 4.69) is 4.98 Å². The predicted molar refractivity (Wildman–Crippen MR) is 89.8 cm³/mol. The average Bonchev–Trinajstić information content (AvgIpc) is 2.89. The Balaban J connectivity index is 1.96. The van der Waals surface area contributed by atoms with E-state index in [-0.39, 0.29) is 11.7 Å². The van der Waals surface area contributed by atoms with Crippen LogP contribution in [0.4, 0.5) is 0 Å². The van der Waals surface area contributed by atoms with Gasteiger partial charge in [-0.05, 0) is 18.6 Å². The summed E-state index contributed by atoms with van der Waals surface area (Å²) in [6, 6.07) is 7.00. The number of hydrogen-bond donors (Lipinski definition) is 0. The Morgan fingerprint density at radius 1 is 1.30 bits per heavy atom. The van der Waals surface area contributed by atoms with Crippen LogP contribution in [0.3, 0.4) is 0 Å². The number of rotatable bonds is 3. The van der Waals surface area contributed by atoms with Crippen molar-refractivity contribution in [2.45, 2.75) is 6.42 Å². The van der Waals surface area contributed by atoms with Crippen LogP contribution in [0, 0.1) is 5.92 Å². The van der Waals surface area contributed by atoms with E-state index >= 15 is 0 Å². The molecule has 1 unspecified atom stereocenters. The van der Waals surface area contributed by atoms with E-state index in [9.17, 15) is 9.59 Å². The maximum Gasteiger partial charge on any atom is 0.233 e. The smallest absolute Gasteiger partial charge is 0.233 e. The van der Waals surface area contributed by atoms with Crippen molar-refractivity contribution in [2.24, 2.45) is 5.92 Å². The van der Waals surface area contributed by atoms with Crippen LogP contribution in [0.5, 0.6) is 0 Å². The fraction of sp³-hybridized carbons (Fsp3) is 0.235. The number of amides is 1. The second-order valence-electron chi connectivity index (χ2n) is 5.53. The number of likely N-dealkylation sites (tertiary alicyclic amines) is 1. The lowest BCUT2D eigenvalue weighted by Crippen LogP contribution is -2.27. The van der Waals surface area contributed by atoms with Gasteiger partial charge in [0.1, 0.15) is 5.92 Å². The van der Waals surface area contributed by atoms with Crippen LogP contribution >= 0.6 is 23.2 Å². The van der Waals surface area contributed by atoms with Crippen LogP contribution in [0.15, 0.2) is 36.7 Å². The summed E-state index contributed by atoms with van der Waals surface area (Å²) in [5, 5.41) is 0.853. The fourth-order valence-electron chi connectivity index (χ4n) is 2.72. The Morgan fingerprint density at radius 3 is 2.78 bits per heavy atom. The van der Waals surface area contributed by atoms with Gasteiger partial charge in [0.2, 0.25) is 5.91 Å². The van der Waals surface area contributed by atoms with Crippen molar-refractivity contribution in [1.82, 2.24) is 9.88 Å². The molecule has 1 atom stereocenters. The highest BCUT2D eigenvalue weighted by Gasteiger charge is 2.35. The third-order valence-electron chi connectivity index (χ3n) is 4.03. The molecule has 1 fully saturated rings. The standard InChI is InChI=1S/C17H14Cl2N2O2/c1-21-6-5-13(17(21)23)16(22)11-7-10(8-20-9-11)12-3-2-4-14(18)15(12)19/h2-4,7-9,13H,5-6H2,1H3. The van der Waals surface area contributed by atoms with Crippen molar-refractivity contribution in [3.05, 3.63) is 52.3 Å². The molecule has 0 saturated carbocycles. The molecule has 1 aromatic carbocycles. The first-order valence-corrected chi connectivity index (χ1v) is 7.93. The van der Waals surface area contributed by atoms with Crippen molar-refractivity contribution in [2.75, 3.05) is 13.6 Å². The maximum absolute atomic E-state index is 12.6. The van der Waals surface area contributed by atoms with Gasteiger partial charge in [0.25, 0.3) is 0 Å². The van der Waals surface area contributed by atoms with E-state index < -0.39 is 5.92 Å².